The molecule has 0 bridgehead atoms. The Morgan fingerprint density at radius 3 is 2.09 bits per heavy atom. The van der Waals surface area contributed by atoms with Gasteiger partial charge in [0.05, 0.1) is 23.1 Å². The van der Waals surface area contributed by atoms with Crippen LogP contribution in [0.25, 0.3) is 5.69 Å². The highest BCUT2D eigenvalue weighted by atomic mass is 16.2. The van der Waals surface area contributed by atoms with Gasteiger partial charge in [-0.05, 0) is 55.3 Å². The highest BCUT2D eigenvalue weighted by molar-refractivity contribution is 6.06. The van der Waals surface area contributed by atoms with E-state index in [2.05, 4.69) is 15.7 Å². The molecule has 0 unspecified atom stereocenters. The Morgan fingerprint density at radius 1 is 0.818 bits per heavy atom. The standard InChI is InChI=1S/C27H26N4O2/c1-18(2)25-24(17-28-31(25)23-14-12-19(3)13-15-23)27(33)30-22-11-7-10-21(16-22)29-26(32)20-8-5-4-6-9-20/h4-18H,1-3H3,(H,29,32)(H,30,33). The summed E-state index contributed by atoms with van der Waals surface area (Å²) in [5.74, 6) is -0.366. The van der Waals surface area contributed by atoms with Crippen molar-refractivity contribution in [1.29, 1.82) is 0 Å². The van der Waals surface area contributed by atoms with Crippen molar-refractivity contribution >= 4 is 23.2 Å². The molecule has 0 aliphatic carbocycles. The number of carbonyl (C=O) groups is 2. The Labute approximate surface area is 193 Å². The molecule has 2 N–H and O–H groups in total. The molecule has 1 heterocycles. The normalized spacial score (nSPS) is 10.8. The molecule has 4 aromatic rings. The topological polar surface area (TPSA) is 76.0 Å². The molecule has 0 saturated heterocycles. The van der Waals surface area contributed by atoms with E-state index in [-0.39, 0.29) is 17.7 Å². The molecule has 3 aromatic carbocycles. The van der Waals surface area contributed by atoms with Gasteiger partial charge in [0, 0.05) is 16.9 Å². The van der Waals surface area contributed by atoms with E-state index in [1.807, 2.05) is 67.9 Å². The Balaban J connectivity index is 1.54. The fraction of sp³-hybridized carbons (Fsp3) is 0.148. The van der Waals surface area contributed by atoms with Crippen molar-refractivity contribution in [3.63, 3.8) is 0 Å². The molecule has 0 aliphatic rings. The molecule has 4 rings (SSSR count). The number of aromatic nitrogens is 2. The Bertz CT molecular complexity index is 1280. The van der Waals surface area contributed by atoms with Crippen LogP contribution in [0.15, 0.2) is 85.1 Å². The Hall–Kier alpha value is -4.19. The van der Waals surface area contributed by atoms with Crippen molar-refractivity contribution in [2.75, 3.05) is 10.6 Å². The monoisotopic (exact) mass is 438 g/mol. The van der Waals surface area contributed by atoms with Gasteiger partial charge in [-0.1, -0.05) is 55.8 Å². The maximum atomic E-state index is 13.1. The predicted molar refractivity (Wildman–Crippen MR) is 131 cm³/mol. The first kappa shape index (κ1) is 22.0. The molecular weight excluding hydrogens is 412 g/mol. The summed E-state index contributed by atoms with van der Waals surface area (Å²) in [6.45, 7) is 6.11. The molecule has 0 fully saturated rings. The minimum Gasteiger partial charge on any atom is -0.322 e. The van der Waals surface area contributed by atoms with E-state index < -0.39 is 0 Å². The average Bonchev–Trinajstić information content (AvgIpc) is 3.26. The molecule has 0 radical (unpaired) electrons. The van der Waals surface area contributed by atoms with Gasteiger partial charge < -0.3 is 10.6 Å². The summed E-state index contributed by atoms with van der Waals surface area (Å²) >= 11 is 0. The maximum absolute atomic E-state index is 13.1. The van der Waals surface area contributed by atoms with Crippen molar-refractivity contribution in [3.8, 4) is 5.69 Å². The van der Waals surface area contributed by atoms with E-state index in [1.54, 1.807) is 42.6 Å². The predicted octanol–water partition coefficient (Wildman–Crippen LogP) is 5.81. The average molecular weight is 439 g/mol. The quantitative estimate of drug-likeness (QED) is 0.399. The van der Waals surface area contributed by atoms with Crippen LogP contribution in [0.4, 0.5) is 11.4 Å². The highest BCUT2D eigenvalue weighted by Crippen LogP contribution is 2.25. The minimum absolute atomic E-state index is 0.0889. The summed E-state index contributed by atoms with van der Waals surface area (Å²) in [7, 11) is 0. The van der Waals surface area contributed by atoms with Gasteiger partial charge in [0.15, 0.2) is 0 Å². The van der Waals surface area contributed by atoms with Crippen molar-refractivity contribution in [3.05, 3.63) is 107 Å². The lowest BCUT2D eigenvalue weighted by molar-refractivity contribution is 0.101. The molecule has 2 amide bonds. The zero-order valence-corrected chi connectivity index (χ0v) is 18.9. The fourth-order valence-corrected chi connectivity index (χ4v) is 3.65. The molecule has 1 aromatic heterocycles. The van der Waals surface area contributed by atoms with Gasteiger partial charge in [-0.3, -0.25) is 9.59 Å². The zero-order chi connectivity index (χ0) is 23.4. The Morgan fingerprint density at radius 2 is 1.45 bits per heavy atom. The third-order valence-corrected chi connectivity index (χ3v) is 5.29. The smallest absolute Gasteiger partial charge is 0.259 e. The number of amides is 2. The van der Waals surface area contributed by atoms with Crippen LogP contribution in [-0.4, -0.2) is 21.6 Å². The molecule has 166 valence electrons. The molecule has 0 saturated carbocycles. The third kappa shape index (κ3) is 5.01. The van der Waals surface area contributed by atoms with Gasteiger partial charge in [-0.25, -0.2) is 4.68 Å². The number of hydrogen-bond donors (Lipinski definition) is 2. The van der Waals surface area contributed by atoms with Gasteiger partial charge in [-0.15, -0.1) is 0 Å². The van der Waals surface area contributed by atoms with Crippen LogP contribution in [0.3, 0.4) is 0 Å². The van der Waals surface area contributed by atoms with Gasteiger partial charge in [-0.2, -0.15) is 5.10 Å². The SMILES string of the molecule is Cc1ccc(-n2ncc(C(=O)Nc3cccc(NC(=O)c4ccccc4)c3)c2C(C)C)cc1. The summed E-state index contributed by atoms with van der Waals surface area (Å²) in [6.07, 6.45) is 1.60. The van der Waals surface area contributed by atoms with Gasteiger partial charge >= 0.3 is 0 Å². The summed E-state index contributed by atoms with van der Waals surface area (Å²) in [4.78, 5) is 25.6. The fourth-order valence-electron chi connectivity index (χ4n) is 3.65. The lowest BCUT2D eigenvalue weighted by Crippen LogP contribution is -2.16. The summed E-state index contributed by atoms with van der Waals surface area (Å²) in [5, 5.41) is 10.3. The van der Waals surface area contributed by atoms with E-state index in [4.69, 9.17) is 0 Å². The van der Waals surface area contributed by atoms with E-state index in [1.165, 1.54) is 0 Å². The van der Waals surface area contributed by atoms with E-state index >= 15 is 0 Å². The van der Waals surface area contributed by atoms with Crippen molar-refractivity contribution in [2.24, 2.45) is 0 Å². The van der Waals surface area contributed by atoms with E-state index in [0.717, 1.165) is 16.9 Å². The van der Waals surface area contributed by atoms with Crippen molar-refractivity contribution in [1.82, 2.24) is 9.78 Å². The second-order valence-electron chi connectivity index (χ2n) is 8.20. The summed E-state index contributed by atoms with van der Waals surface area (Å²) in [5.41, 5.74) is 5.18. The summed E-state index contributed by atoms with van der Waals surface area (Å²) in [6, 6.07) is 24.1. The first-order valence-electron chi connectivity index (χ1n) is 10.8. The molecule has 33 heavy (non-hydrogen) atoms. The van der Waals surface area contributed by atoms with Crippen LogP contribution in [0.5, 0.6) is 0 Å². The minimum atomic E-state index is -0.247. The van der Waals surface area contributed by atoms with Gasteiger partial charge in [0.1, 0.15) is 0 Å². The first-order valence-corrected chi connectivity index (χ1v) is 10.8. The Kier molecular flexibility index (Phi) is 6.36. The number of nitrogens with one attached hydrogen (secondary N) is 2. The molecule has 0 aliphatic heterocycles. The number of rotatable bonds is 6. The maximum Gasteiger partial charge on any atom is 0.259 e. The van der Waals surface area contributed by atoms with Gasteiger partial charge in [0.25, 0.3) is 11.8 Å². The molecule has 0 spiro atoms. The number of aryl methyl sites for hydroxylation is 1. The largest absolute Gasteiger partial charge is 0.322 e. The van der Waals surface area contributed by atoms with Gasteiger partial charge in [0.2, 0.25) is 0 Å². The second-order valence-corrected chi connectivity index (χ2v) is 8.20. The number of benzene rings is 3. The number of anilines is 2. The van der Waals surface area contributed by atoms with Crippen LogP contribution in [0.2, 0.25) is 0 Å². The molecule has 6 nitrogen and oxygen atoms in total. The highest BCUT2D eigenvalue weighted by Gasteiger charge is 2.21. The number of nitrogens with zero attached hydrogens (tertiary/aromatic N) is 2. The number of carbonyl (C=O) groups excluding carboxylic acids is 2. The lowest BCUT2D eigenvalue weighted by atomic mass is 10.0. The van der Waals surface area contributed by atoms with Crippen LogP contribution in [-0.2, 0) is 0 Å². The first-order chi connectivity index (χ1) is 15.9. The molecule has 0 atom stereocenters. The van der Waals surface area contributed by atoms with Crippen LogP contribution < -0.4 is 10.6 Å². The van der Waals surface area contributed by atoms with Crippen LogP contribution >= 0.6 is 0 Å². The van der Waals surface area contributed by atoms with Crippen molar-refractivity contribution in [2.45, 2.75) is 26.7 Å². The lowest BCUT2D eigenvalue weighted by Gasteiger charge is -2.13. The van der Waals surface area contributed by atoms with Crippen LogP contribution in [0.1, 0.15) is 51.7 Å². The van der Waals surface area contributed by atoms with Crippen LogP contribution in [0, 0.1) is 6.92 Å². The zero-order valence-electron chi connectivity index (χ0n) is 18.9. The van der Waals surface area contributed by atoms with E-state index in [0.29, 0.717) is 22.5 Å². The van der Waals surface area contributed by atoms with Crippen molar-refractivity contribution < 1.29 is 9.59 Å². The summed E-state index contributed by atoms with van der Waals surface area (Å²) < 4.78 is 1.82. The third-order valence-electron chi connectivity index (χ3n) is 5.29. The number of hydrogen-bond acceptors (Lipinski definition) is 3. The van der Waals surface area contributed by atoms with E-state index in [9.17, 15) is 9.59 Å². The molecular formula is C27H26N4O2. The molecule has 6 heteroatoms. The second kappa shape index (κ2) is 9.53.